The summed E-state index contributed by atoms with van der Waals surface area (Å²) < 4.78 is 44.9. The number of nitrogens with zero attached hydrogens (tertiary/aromatic N) is 3. The fourth-order valence-electron chi connectivity index (χ4n) is 3.88. The van der Waals surface area contributed by atoms with Crippen LogP contribution in [-0.4, -0.2) is 33.9 Å². The lowest BCUT2D eigenvalue weighted by Crippen LogP contribution is -2.32. The molecule has 188 valence electrons. The summed E-state index contributed by atoms with van der Waals surface area (Å²) in [5, 5.41) is 6.02. The van der Waals surface area contributed by atoms with Crippen LogP contribution in [0.25, 0.3) is 0 Å². The molecule has 7 nitrogen and oxygen atoms in total. The number of para-hydroxylation sites is 1. The second-order valence-electron chi connectivity index (χ2n) is 8.35. The first-order valence-corrected chi connectivity index (χ1v) is 11.5. The maximum atomic E-state index is 13.2. The van der Waals surface area contributed by atoms with Gasteiger partial charge < -0.3 is 20.3 Å². The lowest BCUT2D eigenvalue weighted by Gasteiger charge is -2.20. The summed E-state index contributed by atoms with van der Waals surface area (Å²) in [6.07, 6.45) is -2.90. The van der Waals surface area contributed by atoms with Crippen LogP contribution in [0, 0.1) is 0 Å². The Morgan fingerprint density at radius 2 is 1.73 bits per heavy atom. The van der Waals surface area contributed by atoms with Crippen molar-refractivity contribution >= 4 is 23.2 Å². The molecular weight excluding hydrogens is 483 g/mol. The first-order chi connectivity index (χ1) is 17.8. The average molecular weight is 506 g/mol. The molecule has 0 spiro atoms. The van der Waals surface area contributed by atoms with E-state index in [1.807, 2.05) is 30.3 Å². The van der Waals surface area contributed by atoms with E-state index in [0.717, 1.165) is 12.1 Å². The number of ether oxygens (including phenoxy) is 1. The predicted molar refractivity (Wildman–Crippen MR) is 133 cm³/mol. The Balaban J connectivity index is 1.30. The number of anilines is 3. The van der Waals surface area contributed by atoms with Gasteiger partial charge in [0.05, 0.1) is 29.7 Å². The van der Waals surface area contributed by atoms with Gasteiger partial charge in [-0.3, -0.25) is 4.79 Å². The summed E-state index contributed by atoms with van der Waals surface area (Å²) in [7, 11) is 0. The Bertz CT molecular complexity index is 1400. The van der Waals surface area contributed by atoms with Gasteiger partial charge in [-0.15, -0.1) is 0 Å². The zero-order valence-electron chi connectivity index (χ0n) is 19.5. The minimum atomic E-state index is -4.46. The number of alkyl halides is 3. The third-order valence-corrected chi connectivity index (χ3v) is 5.72. The summed E-state index contributed by atoms with van der Waals surface area (Å²) in [5.74, 6) is 1.28. The van der Waals surface area contributed by atoms with Crippen molar-refractivity contribution < 1.29 is 22.7 Å². The van der Waals surface area contributed by atoms with Gasteiger partial charge in [-0.1, -0.05) is 24.3 Å². The summed E-state index contributed by atoms with van der Waals surface area (Å²) in [5.41, 5.74) is 1.16. The number of aromatic nitrogens is 2. The quantitative estimate of drug-likeness (QED) is 0.341. The predicted octanol–water partition coefficient (Wildman–Crippen LogP) is 6.10. The van der Waals surface area contributed by atoms with Crippen molar-refractivity contribution in [3.8, 4) is 11.5 Å². The minimum Gasteiger partial charge on any atom is -0.457 e. The third kappa shape index (κ3) is 5.80. The van der Waals surface area contributed by atoms with Gasteiger partial charge in [0.15, 0.2) is 0 Å². The molecule has 2 N–H and O–H groups in total. The van der Waals surface area contributed by atoms with Crippen LogP contribution >= 0.6 is 0 Å². The Morgan fingerprint density at radius 1 is 0.973 bits per heavy atom. The van der Waals surface area contributed by atoms with Crippen LogP contribution in [0.15, 0.2) is 85.1 Å². The van der Waals surface area contributed by atoms with Crippen LogP contribution in [0.4, 0.5) is 30.5 Å². The van der Waals surface area contributed by atoms with Crippen LogP contribution < -0.4 is 15.4 Å². The van der Waals surface area contributed by atoms with Crippen molar-refractivity contribution in [2.75, 3.05) is 23.7 Å². The molecule has 0 radical (unpaired) electrons. The van der Waals surface area contributed by atoms with E-state index in [1.54, 1.807) is 35.4 Å². The highest BCUT2D eigenvalue weighted by atomic mass is 19.4. The summed E-state index contributed by atoms with van der Waals surface area (Å²) in [6.45, 7) is 1.15. The first kappa shape index (κ1) is 24.1. The van der Waals surface area contributed by atoms with Gasteiger partial charge in [-0.05, 0) is 54.6 Å². The number of hydrogen-bond acceptors (Lipinski definition) is 6. The van der Waals surface area contributed by atoms with Gasteiger partial charge in [0.25, 0.3) is 5.91 Å². The van der Waals surface area contributed by atoms with Gasteiger partial charge in [-0.25, -0.2) is 9.97 Å². The second-order valence-corrected chi connectivity index (χ2v) is 8.35. The normalized spacial score (nSPS) is 13.2. The Kier molecular flexibility index (Phi) is 6.63. The van der Waals surface area contributed by atoms with E-state index in [-0.39, 0.29) is 24.1 Å². The highest BCUT2D eigenvalue weighted by Gasteiger charge is 2.30. The summed E-state index contributed by atoms with van der Waals surface area (Å²) >= 11 is 0. The van der Waals surface area contributed by atoms with E-state index in [1.165, 1.54) is 12.1 Å². The number of fused-ring (bicyclic) bond motifs is 1. The van der Waals surface area contributed by atoms with E-state index in [9.17, 15) is 18.0 Å². The summed E-state index contributed by atoms with van der Waals surface area (Å²) in [6, 6.07) is 21.1. The largest absolute Gasteiger partial charge is 0.457 e. The molecule has 0 saturated carbocycles. The lowest BCUT2D eigenvalue weighted by molar-refractivity contribution is -0.137. The number of carbonyl (C=O) groups is 1. The van der Waals surface area contributed by atoms with Crippen molar-refractivity contribution in [3.05, 3.63) is 102 Å². The van der Waals surface area contributed by atoms with E-state index >= 15 is 0 Å². The first-order valence-electron chi connectivity index (χ1n) is 11.5. The molecule has 2 heterocycles. The van der Waals surface area contributed by atoms with Crippen molar-refractivity contribution in [3.63, 3.8) is 0 Å². The van der Waals surface area contributed by atoms with Crippen LogP contribution in [-0.2, 0) is 12.7 Å². The van der Waals surface area contributed by atoms with E-state index < -0.39 is 11.7 Å². The maximum Gasteiger partial charge on any atom is 0.416 e. The van der Waals surface area contributed by atoms with E-state index in [4.69, 9.17) is 4.74 Å². The Labute approximate surface area is 210 Å². The van der Waals surface area contributed by atoms with Crippen molar-refractivity contribution in [1.29, 1.82) is 0 Å². The number of carbonyl (C=O) groups excluding carboxylic acids is 1. The SMILES string of the molecule is O=C(c1ccc(Oc2ccccc2)cc1)N1CCNc2cnc(Nc3cccc(C(F)(F)F)c3)nc2C1. The fourth-order valence-corrected chi connectivity index (χ4v) is 3.88. The van der Waals surface area contributed by atoms with E-state index in [2.05, 4.69) is 20.6 Å². The van der Waals surface area contributed by atoms with Gasteiger partial charge in [0.2, 0.25) is 5.95 Å². The minimum absolute atomic E-state index is 0.136. The zero-order valence-corrected chi connectivity index (χ0v) is 19.5. The summed E-state index contributed by atoms with van der Waals surface area (Å²) in [4.78, 5) is 23.6. The standard InChI is InChI=1S/C27H22F3N5O2/c28-27(29,30)19-5-4-6-20(15-19)33-26-32-16-23-24(34-26)17-35(14-13-31-23)25(36)18-9-11-22(12-10-18)37-21-7-2-1-3-8-21/h1-12,15-16,31H,13-14,17H2,(H,32,33,34). The second kappa shape index (κ2) is 10.2. The van der Waals surface area contributed by atoms with Gasteiger partial charge >= 0.3 is 6.18 Å². The smallest absolute Gasteiger partial charge is 0.416 e. The molecule has 1 aliphatic rings. The number of halogens is 3. The average Bonchev–Trinajstić information content (AvgIpc) is 3.11. The molecule has 3 aromatic carbocycles. The van der Waals surface area contributed by atoms with Gasteiger partial charge in [-0.2, -0.15) is 13.2 Å². The monoisotopic (exact) mass is 505 g/mol. The van der Waals surface area contributed by atoms with Gasteiger partial charge in [0, 0.05) is 24.3 Å². The molecule has 4 aromatic rings. The molecule has 0 aliphatic carbocycles. The van der Waals surface area contributed by atoms with Crippen molar-refractivity contribution in [1.82, 2.24) is 14.9 Å². The molecule has 1 aromatic heterocycles. The Morgan fingerprint density at radius 3 is 2.49 bits per heavy atom. The Hall–Kier alpha value is -4.60. The number of nitrogens with one attached hydrogen (secondary N) is 2. The third-order valence-electron chi connectivity index (χ3n) is 5.72. The molecule has 0 unspecified atom stereocenters. The number of amides is 1. The van der Waals surface area contributed by atoms with Crippen LogP contribution in [0.2, 0.25) is 0 Å². The van der Waals surface area contributed by atoms with E-state index in [0.29, 0.717) is 41.5 Å². The van der Waals surface area contributed by atoms with Crippen LogP contribution in [0.1, 0.15) is 21.6 Å². The molecule has 0 atom stereocenters. The molecule has 10 heteroatoms. The van der Waals surface area contributed by atoms with Crippen LogP contribution in [0.5, 0.6) is 11.5 Å². The number of hydrogen-bond donors (Lipinski definition) is 2. The fraction of sp³-hybridized carbons (Fsp3) is 0.148. The molecule has 1 amide bonds. The molecule has 0 fully saturated rings. The molecular formula is C27H22F3N5O2. The lowest BCUT2D eigenvalue weighted by atomic mass is 10.2. The highest BCUT2D eigenvalue weighted by Crippen LogP contribution is 2.31. The molecule has 5 rings (SSSR count). The molecule has 0 bridgehead atoms. The topological polar surface area (TPSA) is 79.4 Å². The number of benzene rings is 3. The van der Waals surface area contributed by atoms with Crippen molar-refractivity contribution in [2.45, 2.75) is 12.7 Å². The van der Waals surface area contributed by atoms with Crippen LogP contribution in [0.3, 0.4) is 0 Å². The number of rotatable bonds is 5. The maximum absolute atomic E-state index is 13.2. The molecule has 1 aliphatic heterocycles. The van der Waals surface area contributed by atoms with Crippen molar-refractivity contribution in [2.24, 2.45) is 0 Å². The zero-order chi connectivity index (χ0) is 25.8. The highest BCUT2D eigenvalue weighted by molar-refractivity contribution is 5.94. The van der Waals surface area contributed by atoms with Gasteiger partial charge in [0.1, 0.15) is 11.5 Å². The molecule has 0 saturated heterocycles. The molecule has 37 heavy (non-hydrogen) atoms.